The zero-order valence-corrected chi connectivity index (χ0v) is 22.6. The number of guanidine groups is 1. The highest BCUT2D eigenvalue weighted by molar-refractivity contribution is 14.0. The summed E-state index contributed by atoms with van der Waals surface area (Å²) in [5, 5.41) is 9.61. The number of hydrogen-bond donors (Lipinski definition) is 3. The van der Waals surface area contributed by atoms with Gasteiger partial charge in [0, 0.05) is 43.3 Å². The molecule has 7 nitrogen and oxygen atoms in total. The Morgan fingerprint density at radius 1 is 1.09 bits per heavy atom. The van der Waals surface area contributed by atoms with E-state index in [0.29, 0.717) is 19.5 Å². The lowest BCUT2D eigenvalue weighted by molar-refractivity contribution is -0.119. The summed E-state index contributed by atoms with van der Waals surface area (Å²) in [4.78, 5) is 30.6. The highest BCUT2D eigenvalue weighted by atomic mass is 127. The van der Waals surface area contributed by atoms with Crippen molar-refractivity contribution in [3.8, 4) is 0 Å². The van der Waals surface area contributed by atoms with E-state index in [0.717, 1.165) is 54.4 Å². The molecular formula is C26H36IN5O2. The van der Waals surface area contributed by atoms with Crippen LogP contribution in [0.5, 0.6) is 0 Å². The van der Waals surface area contributed by atoms with E-state index in [4.69, 9.17) is 0 Å². The zero-order chi connectivity index (χ0) is 23.6. The number of benzene rings is 2. The molecule has 0 radical (unpaired) electrons. The number of carbonyl (C=O) groups is 2. The molecule has 0 bridgehead atoms. The van der Waals surface area contributed by atoms with Gasteiger partial charge in [-0.1, -0.05) is 38.1 Å². The predicted octanol–water partition coefficient (Wildman–Crippen LogP) is 4.67. The molecule has 3 N–H and O–H groups in total. The minimum absolute atomic E-state index is 0. The van der Waals surface area contributed by atoms with E-state index in [-0.39, 0.29) is 41.7 Å². The van der Waals surface area contributed by atoms with Crippen molar-refractivity contribution >= 4 is 53.1 Å². The molecule has 2 aromatic rings. The number of nitrogens with zero attached hydrogens (tertiary/aromatic N) is 2. The number of nitrogens with one attached hydrogen (secondary N) is 3. The van der Waals surface area contributed by atoms with Crippen LogP contribution >= 0.6 is 24.0 Å². The first-order valence-electron chi connectivity index (χ1n) is 11.8. The molecule has 1 fully saturated rings. The Hall–Kier alpha value is -2.62. The van der Waals surface area contributed by atoms with Crippen LogP contribution in [0.25, 0.3) is 0 Å². The molecule has 3 rings (SSSR count). The summed E-state index contributed by atoms with van der Waals surface area (Å²) in [6, 6.07) is 15.9. The molecule has 1 heterocycles. The first kappa shape index (κ1) is 27.6. The van der Waals surface area contributed by atoms with Crippen molar-refractivity contribution in [2.75, 3.05) is 23.3 Å². The Labute approximate surface area is 219 Å². The molecule has 1 atom stereocenters. The standard InChI is InChI=1S/C26H35N5O2.HI/c1-4-19(3)25(33)30-22-9-6-8-21(16-22)18-29-26(27-5-2)28-17-20-11-13-23(14-12-20)31-15-7-10-24(31)32;/h6,8-9,11-14,16,19H,4-5,7,10,15,17-18H2,1-3H3,(H,30,33)(H2,27,28,29);1H. The van der Waals surface area contributed by atoms with Crippen molar-refractivity contribution in [1.82, 2.24) is 10.6 Å². The molecule has 1 unspecified atom stereocenters. The van der Waals surface area contributed by atoms with Gasteiger partial charge in [0.1, 0.15) is 0 Å². The largest absolute Gasteiger partial charge is 0.357 e. The average Bonchev–Trinajstić information content (AvgIpc) is 3.26. The summed E-state index contributed by atoms with van der Waals surface area (Å²) in [6.07, 6.45) is 2.38. The van der Waals surface area contributed by atoms with E-state index in [9.17, 15) is 9.59 Å². The molecule has 2 amide bonds. The number of anilines is 2. The van der Waals surface area contributed by atoms with Crippen LogP contribution in [0.1, 0.15) is 51.2 Å². The van der Waals surface area contributed by atoms with Gasteiger partial charge in [0.05, 0.1) is 6.54 Å². The second-order valence-corrected chi connectivity index (χ2v) is 8.36. The van der Waals surface area contributed by atoms with Crippen molar-refractivity contribution in [3.05, 3.63) is 59.7 Å². The summed E-state index contributed by atoms with van der Waals surface area (Å²) < 4.78 is 0. The first-order chi connectivity index (χ1) is 16.0. The molecule has 0 aliphatic carbocycles. The van der Waals surface area contributed by atoms with E-state index in [1.807, 2.05) is 74.2 Å². The minimum atomic E-state index is -0.0128. The molecule has 0 saturated carbocycles. The molecule has 1 aliphatic rings. The molecule has 0 aromatic heterocycles. The van der Waals surface area contributed by atoms with Crippen LogP contribution in [0.2, 0.25) is 0 Å². The van der Waals surface area contributed by atoms with Gasteiger partial charge in [-0.25, -0.2) is 4.99 Å². The fourth-order valence-electron chi connectivity index (χ4n) is 3.61. The Kier molecular flexibility index (Phi) is 11.3. The van der Waals surface area contributed by atoms with Crippen LogP contribution in [0.4, 0.5) is 11.4 Å². The third-order valence-electron chi connectivity index (χ3n) is 5.80. The first-order valence-corrected chi connectivity index (χ1v) is 11.8. The smallest absolute Gasteiger partial charge is 0.227 e. The van der Waals surface area contributed by atoms with Crippen molar-refractivity contribution in [2.45, 2.75) is 53.1 Å². The number of amides is 2. The third-order valence-corrected chi connectivity index (χ3v) is 5.80. The highest BCUT2D eigenvalue weighted by Gasteiger charge is 2.21. The van der Waals surface area contributed by atoms with Crippen molar-refractivity contribution in [1.29, 1.82) is 0 Å². The molecule has 1 saturated heterocycles. The van der Waals surface area contributed by atoms with Crippen molar-refractivity contribution in [3.63, 3.8) is 0 Å². The Bertz CT molecular complexity index is 977. The number of rotatable bonds is 9. The SMILES string of the molecule is CCNC(=NCc1cccc(NC(=O)C(C)CC)c1)NCc1ccc(N2CCCC2=O)cc1.I. The van der Waals surface area contributed by atoms with Gasteiger partial charge in [-0.05, 0) is 55.2 Å². The Morgan fingerprint density at radius 3 is 2.50 bits per heavy atom. The van der Waals surface area contributed by atoms with E-state index in [1.165, 1.54) is 0 Å². The van der Waals surface area contributed by atoms with Gasteiger partial charge in [0.15, 0.2) is 5.96 Å². The van der Waals surface area contributed by atoms with Crippen molar-refractivity contribution < 1.29 is 9.59 Å². The van der Waals surface area contributed by atoms with Gasteiger partial charge in [-0.3, -0.25) is 9.59 Å². The quantitative estimate of drug-likeness (QED) is 0.230. The molecule has 1 aliphatic heterocycles. The fourth-order valence-corrected chi connectivity index (χ4v) is 3.61. The molecule has 184 valence electrons. The summed E-state index contributed by atoms with van der Waals surface area (Å²) in [6.45, 7) is 8.65. The molecule has 34 heavy (non-hydrogen) atoms. The highest BCUT2D eigenvalue weighted by Crippen LogP contribution is 2.21. The maximum Gasteiger partial charge on any atom is 0.227 e. The minimum Gasteiger partial charge on any atom is -0.357 e. The zero-order valence-electron chi connectivity index (χ0n) is 20.3. The van der Waals surface area contributed by atoms with Gasteiger partial charge in [-0.15, -0.1) is 24.0 Å². The maximum absolute atomic E-state index is 12.2. The van der Waals surface area contributed by atoms with Crippen LogP contribution in [-0.4, -0.2) is 30.9 Å². The Morgan fingerprint density at radius 2 is 1.85 bits per heavy atom. The van der Waals surface area contributed by atoms with Crippen LogP contribution in [0.15, 0.2) is 53.5 Å². The summed E-state index contributed by atoms with van der Waals surface area (Å²) in [7, 11) is 0. The van der Waals surface area contributed by atoms with E-state index in [2.05, 4.69) is 20.9 Å². The summed E-state index contributed by atoms with van der Waals surface area (Å²) in [5.74, 6) is 0.950. The fraction of sp³-hybridized carbons (Fsp3) is 0.423. The molecule has 2 aromatic carbocycles. The second-order valence-electron chi connectivity index (χ2n) is 8.36. The monoisotopic (exact) mass is 577 g/mol. The maximum atomic E-state index is 12.2. The van der Waals surface area contributed by atoms with Gasteiger partial charge >= 0.3 is 0 Å². The Balaban J connectivity index is 0.00000408. The van der Waals surface area contributed by atoms with Crippen molar-refractivity contribution in [2.24, 2.45) is 10.9 Å². The number of aliphatic imine (C=N–C) groups is 1. The van der Waals surface area contributed by atoms with Gasteiger partial charge in [0.25, 0.3) is 0 Å². The lowest BCUT2D eigenvalue weighted by atomic mass is 10.1. The van der Waals surface area contributed by atoms with Gasteiger partial charge < -0.3 is 20.9 Å². The molecule has 8 heteroatoms. The van der Waals surface area contributed by atoms with E-state index >= 15 is 0 Å². The second kappa shape index (κ2) is 13.9. The summed E-state index contributed by atoms with van der Waals surface area (Å²) >= 11 is 0. The van der Waals surface area contributed by atoms with Crippen LogP contribution in [0, 0.1) is 5.92 Å². The number of hydrogen-bond acceptors (Lipinski definition) is 3. The molecular weight excluding hydrogens is 541 g/mol. The molecule has 0 spiro atoms. The van der Waals surface area contributed by atoms with Crippen LogP contribution in [0.3, 0.4) is 0 Å². The normalized spacial score (nSPS) is 14.4. The predicted molar refractivity (Wildman–Crippen MR) is 150 cm³/mol. The van der Waals surface area contributed by atoms with Gasteiger partial charge in [-0.2, -0.15) is 0 Å². The van der Waals surface area contributed by atoms with Crippen LogP contribution in [-0.2, 0) is 22.7 Å². The summed E-state index contributed by atoms with van der Waals surface area (Å²) in [5.41, 5.74) is 3.89. The lowest BCUT2D eigenvalue weighted by Crippen LogP contribution is -2.36. The van der Waals surface area contributed by atoms with Gasteiger partial charge in [0.2, 0.25) is 11.8 Å². The third kappa shape index (κ3) is 8.00. The average molecular weight is 578 g/mol. The lowest BCUT2D eigenvalue weighted by Gasteiger charge is -2.16. The number of carbonyl (C=O) groups excluding carboxylic acids is 2. The van der Waals surface area contributed by atoms with E-state index in [1.54, 1.807) is 0 Å². The number of halogens is 1. The van der Waals surface area contributed by atoms with Crippen LogP contribution < -0.4 is 20.9 Å². The van der Waals surface area contributed by atoms with E-state index < -0.39 is 0 Å². The topological polar surface area (TPSA) is 85.8 Å².